The van der Waals surface area contributed by atoms with Crippen LogP contribution in [0, 0.1) is 0 Å². The predicted molar refractivity (Wildman–Crippen MR) is 168 cm³/mol. The van der Waals surface area contributed by atoms with Gasteiger partial charge in [-0.3, -0.25) is 9.59 Å². The maximum atomic E-state index is 12.1. The maximum absolute atomic E-state index is 12.1. The molecule has 1 N–H and O–H groups in total. The van der Waals surface area contributed by atoms with Gasteiger partial charge in [-0.1, -0.05) is 122 Å². The number of hydrogen-bond acceptors (Lipinski definition) is 5. The van der Waals surface area contributed by atoms with Gasteiger partial charge in [-0.25, -0.2) is 0 Å². The number of rotatable bonds is 30. The fraction of sp³-hybridized carbons (Fsp3) is 0.829. The van der Waals surface area contributed by atoms with Crippen LogP contribution in [0.1, 0.15) is 168 Å². The largest absolute Gasteiger partial charge is 0.462 e. The highest BCUT2D eigenvalue weighted by Gasteiger charge is 2.16. The van der Waals surface area contributed by atoms with Crippen molar-refractivity contribution in [2.45, 2.75) is 174 Å². The Kier molecular flexibility index (Phi) is 30.6. The van der Waals surface area contributed by atoms with Crippen molar-refractivity contribution in [1.29, 1.82) is 0 Å². The quantitative estimate of drug-likeness (QED) is 0.0534. The van der Waals surface area contributed by atoms with Gasteiger partial charge in [0.1, 0.15) is 6.61 Å². The summed E-state index contributed by atoms with van der Waals surface area (Å²) in [6.07, 6.45) is 35.2. The first-order valence-corrected chi connectivity index (χ1v) is 16.9. The molecule has 0 amide bonds. The third-order valence-corrected chi connectivity index (χ3v) is 7.20. The summed E-state index contributed by atoms with van der Waals surface area (Å²) in [7, 11) is 0. The van der Waals surface area contributed by atoms with Crippen molar-refractivity contribution < 1.29 is 24.2 Å². The Morgan fingerprint density at radius 2 is 0.975 bits per heavy atom. The van der Waals surface area contributed by atoms with Crippen molar-refractivity contribution in [3.8, 4) is 0 Å². The second-order valence-electron chi connectivity index (χ2n) is 11.2. The van der Waals surface area contributed by atoms with Gasteiger partial charge in [0.25, 0.3) is 0 Å². The minimum absolute atomic E-state index is 0.0718. The van der Waals surface area contributed by atoms with E-state index in [1.165, 1.54) is 83.5 Å². The molecule has 0 radical (unpaired) electrons. The van der Waals surface area contributed by atoms with Gasteiger partial charge < -0.3 is 14.6 Å². The molecule has 0 fully saturated rings. The number of carbonyl (C=O) groups excluding carboxylic acids is 2. The molecular weight excluding hydrogens is 500 g/mol. The summed E-state index contributed by atoms with van der Waals surface area (Å²) in [5.41, 5.74) is 0. The van der Waals surface area contributed by atoms with Crippen molar-refractivity contribution in [3.05, 3.63) is 24.3 Å². The molecular formula is C35H64O5. The Balaban J connectivity index is 3.59. The summed E-state index contributed by atoms with van der Waals surface area (Å²) in [6.45, 7) is 4.04. The third-order valence-electron chi connectivity index (χ3n) is 7.20. The van der Waals surface area contributed by atoms with Crippen LogP contribution >= 0.6 is 0 Å². The molecule has 0 aromatic rings. The summed E-state index contributed by atoms with van der Waals surface area (Å²) in [4.78, 5) is 24.1. The van der Waals surface area contributed by atoms with Crippen LogP contribution in [0.25, 0.3) is 0 Å². The Morgan fingerprint density at radius 1 is 0.550 bits per heavy atom. The summed E-state index contributed by atoms with van der Waals surface area (Å²) >= 11 is 0. The summed E-state index contributed by atoms with van der Waals surface area (Å²) in [5, 5.41) is 9.49. The SMILES string of the molecule is CCC/C=C\CCCCCCCC(=O)OCC(CO)OC(=O)CCCCCCC/C=C\CCCCCCCCC. The second kappa shape index (κ2) is 31.9. The number of hydrogen-bond donors (Lipinski definition) is 1. The number of carbonyl (C=O) groups is 2. The standard InChI is InChI=1S/C35H64O5/c1-3-5-7-9-11-13-15-16-17-18-19-20-22-24-26-28-30-35(38)40-33(31-36)32-39-34(37)29-27-25-23-21-14-12-10-8-6-4-2/h8,10,17-18,33,36H,3-7,9,11-16,19-32H2,1-2H3/b10-8-,18-17-. The van der Waals surface area contributed by atoms with E-state index < -0.39 is 6.10 Å². The summed E-state index contributed by atoms with van der Waals surface area (Å²) in [6, 6.07) is 0. The third kappa shape index (κ3) is 29.4. The molecule has 5 heteroatoms. The van der Waals surface area contributed by atoms with Gasteiger partial charge in [-0.15, -0.1) is 0 Å². The topological polar surface area (TPSA) is 72.8 Å². The molecule has 0 bridgehead atoms. The minimum Gasteiger partial charge on any atom is -0.462 e. The fourth-order valence-corrected chi connectivity index (χ4v) is 4.61. The van der Waals surface area contributed by atoms with E-state index in [1.54, 1.807) is 0 Å². The Hall–Kier alpha value is -1.62. The lowest BCUT2D eigenvalue weighted by atomic mass is 10.1. The van der Waals surface area contributed by atoms with E-state index in [2.05, 4.69) is 38.2 Å². The zero-order valence-corrected chi connectivity index (χ0v) is 26.4. The van der Waals surface area contributed by atoms with E-state index in [4.69, 9.17) is 9.47 Å². The first-order valence-electron chi connectivity index (χ1n) is 16.9. The highest BCUT2D eigenvalue weighted by Crippen LogP contribution is 2.12. The van der Waals surface area contributed by atoms with Gasteiger partial charge in [0.2, 0.25) is 0 Å². The number of unbranched alkanes of at least 4 members (excludes halogenated alkanes) is 18. The van der Waals surface area contributed by atoms with Crippen LogP contribution < -0.4 is 0 Å². The highest BCUT2D eigenvalue weighted by atomic mass is 16.6. The molecule has 0 saturated heterocycles. The Morgan fingerprint density at radius 3 is 1.45 bits per heavy atom. The van der Waals surface area contributed by atoms with Gasteiger partial charge in [0, 0.05) is 12.8 Å². The van der Waals surface area contributed by atoms with E-state index in [0.717, 1.165) is 57.8 Å². The van der Waals surface area contributed by atoms with Crippen molar-refractivity contribution in [2.24, 2.45) is 0 Å². The van der Waals surface area contributed by atoms with Gasteiger partial charge in [0.05, 0.1) is 6.61 Å². The molecule has 0 aliphatic carbocycles. The van der Waals surface area contributed by atoms with Crippen LogP contribution in [0.4, 0.5) is 0 Å². The maximum Gasteiger partial charge on any atom is 0.306 e. The molecule has 0 saturated carbocycles. The molecule has 1 atom stereocenters. The monoisotopic (exact) mass is 564 g/mol. The second-order valence-corrected chi connectivity index (χ2v) is 11.2. The number of ether oxygens (including phenoxy) is 2. The number of esters is 2. The van der Waals surface area contributed by atoms with Crippen molar-refractivity contribution in [1.82, 2.24) is 0 Å². The Labute approximate surface area is 247 Å². The van der Waals surface area contributed by atoms with E-state index in [9.17, 15) is 14.7 Å². The lowest BCUT2D eigenvalue weighted by Gasteiger charge is -2.15. The average Bonchev–Trinajstić information content (AvgIpc) is 2.96. The minimum atomic E-state index is -0.773. The van der Waals surface area contributed by atoms with E-state index in [-0.39, 0.29) is 25.2 Å². The molecule has 0 rings (SSSR count). The molecule has 0 heterocycles. The molecule has 1 unspecified atom stereocenters. The first kappa shape index (κ1) is 38.4. The smallest absolute Gasteiger partial charge is 0.306 e. The molecule has 0 aliphatic heterocycles. The molecule has 0 aliphatic rings. The van der Waals surface area contributed by atoms with E-state index >= 15 is 0 Å². The average molecular weight is 565 g/mol. The zero-order valence-electron chi connectivity index (χ0n) is 26.4. The van der Waals surface area contributed by atoms with Crippen LogP contribution in [0.15, 0.2) is 24.3 Å². The van der Waals surface area contributed by atoms with E-state index in [1.807, 2.05) is 0 Å². The summed E-state index contributed by atoms with van der Waals surface area (Å²) in [5.74, 6) is -0.613. The van der Waals surface area contributed by atoms with Crippen LogP contribution in [-0.2, 0) is 19.1 Å². The van der Waals surface area contributed by atoms with Gasteiger partial charge >= 0.3 is 11.9 Å². The fourth-order valence-electron chi connectivity index (χ4n) is 4.61. The van der Waals surface area contributed by atoms with Crippen molar-refractivity contribution >= 4 is 11.9 Å². The molecule has 0 aromatic heterocycles. The first-order chi connectivity index (χ1) is 19.6. The molecule has 40 heavy (non-hydrogen) atoms. The molecule has 0 aromatic carbocycles. The summed E-state index contributed by atoms with van der Waals surface area (Å²) < 4.78 is 10.5. The van der Waals surface area contributed by atoms with Gasteiger partial charge in [0.15, 0.2) is 6.10 Å². The van der Waals surface area contributed by atoms with Crippen LogP contribution in [-0.4, -0.2) is 36.4 Å². The van der Waals surface area contributed by atoms with E-state index in [0.29, 0.717) is 12.8 Å². The molecule has 5 nitrogen and oxygen atoms in total. The highest BCUT2D eigenvalue weighted by molar-refractivity contribution is 5.70. The molecule has 234 valence electrons. The number of allylic oxidation sites excluding steroid dienone is 4. The normalized spacial score (nSPS) is 12.4. The van der Waals surface area contributed by atoms with Gasteiger partial charge in [-0.2, -0.15) is 0 Å². The lowest BCUT2D eigenvalue weighted by molar-refractivity contribution is -0.161. The van der Waals surface area contributed by atoms with Gasteiger partial charge in [-0.05, 0) is 57.8 Å². The zero-order chi connectivity index (χ0) is 29.4. The van der Waals surface area contributed by atoms with Crippen LogP contribution in [0.3, 0.4) is 0 Å². The Bertz CT molecular complexity index is 613. The van der Waals surface area contributed by atoms with Crippen molar-refractivity contribution in [3.63, 3.8) is 0 Å². The molecule has 0 spiro atoms. The van der Waals surface area contributed by atoms with Crippen LogP contribution in [0.2, 0.25) is 0 Å². The number of aliphatic hydroxyl groups excluding tert-OH is 1. The lowest BCUT2D eigenvalue weighted by Crippen LogP contribution is -2.28. The van der Waals surface area contributed by atoms with Crippen molar-refractivity contribution in [2.75, 3.05) is 13.2 Å². The predicted octanol–water partition coefficient (Wildman–Crippen LogP) is 9.95. The van der Waals surface area contributed by atoms with Crippen LogP contribution in [0.5, 0.6) is 0 Å². The number of aliphatic hydroxyl groups is 1.